The summed E-state index contributed by atoms with van der Waals surface area (Å²) in [5.74, 6) is 0.450. The van der Waals surface area contributed by atoms with E-state index in [9.17, 15) is 14.3 Å². The zero-order chi connectivity index (χ0) is 9.78. The largest absolute Gasteiger partial charge is 1.00 e. The molecule has 13 heavy (non-hydrogen) atoms. The number of hydrogen-bond acceptors (Lipinski definition) is 4. The molecule has 0 bridgehead atoms. The molecule has 1 unspecified atom stereocenters. The van der Waals surface area contributed by atoms with Gasteiger partial charge in [0.25, 0.3) is 0 Å². The van der Waals surface area contributed by atoms with Crippen molar-refractivity contribution in [1.82, 2.24) is 5.32 Å². The summed E-state index contributed by atoms with van der Waals surface area (Å²) in [4.78, 5) is 21.4. The van der Waals surface area contributed by atoms with Crippen LogP contribution in [0.1, 0.15) is 13.8 Å². The first-order valence-electron chi connectivity index (χ1n) is 3.38. The van der Waals surface area contributed by atoms with Gasteiger partial charge in [0.05, 0.1) is 6.16 Å². The minimum Gasteiger partial charge on any atom is -0.788 e. The SMILES string of the molecule is CC(C)NC(=O)CP(=O)([O-])C#N.[K+]. The number of carbonyl (C=O) groups excluding carboxylic acids is 1. The summed E-state index contributed by atoms with van der Waals surface area (Å²) >= 11 is 0. The van der Waals surface area contributed by atoms with Gasteiger partial charge in [-0.1, -0.05) is 0 Å². The molecule has 1 N–H and O–H groups in total. The monoisotopic (exact) mass is 228 g/mol. The van der Waals surface area contributed by atoms with Crippen LogP contribution >= 0.6 is 7.37 Å². The molecule has 0 aromatic rings. The normalized spacial score (nSPS) is 13.8. The number of nitriles is 1. The Kier molecular flexibility index (Phi) is 8.90. The number of hydrogen-bond donors (Lipinski definition) is 1. The Bertz CT molecular complexity index is 261. The molecule has 0 rings (SSSR count). The summed E-state index contributed by atoms with van der Waals surface area (Å²) in [7, 11) is -4.14. The molecule has 0 aliphatic carbocycles. The predicted octanol–water partition coefficient (Wildman–Crippen LogP) is -3.37. The van der Waals surface area contributed by atoms with E-state index in [0.717, 1.165) is 5.81 Å². The van der Waals surface area contributed by atoms with Gasteiger partial charge in [-0.25, -0.2) is 0 Å². The molecule has 0 spiro atoms. The molecule has 0 aromatic heterocycles. The van der Waals surface area contributed by atoms with Gasteiger partial charge < -0.3 is 14.8 Å². The average Bonchev–Trinajstić information content (AvgIpc) is 1.84. The first-order valence-corrected chi connectivity index (χ1v) is 5.19. The molecule has 0 aliphatic heterocycles. The van der Waals surface area contributed by atoms with Crippen molar-refractivity contribution in [3.63, 3.8) is 0 Å². The topological polar surface area (TPSA) is 93.0 Å². The van der Waals surface area contributed by atoms with Crippen LogP contribution in [0.4, 0.5) is 0 Å². The summed E-state index contributed by atoms with van der Waals surface area (Å²) < 4.78 is 10.6. The Hall–Kier alpha value is 0.786. The van der Waals surface area contributed by atoms with Gasteiger partial charge in [-0.3, -0.25) is 4.79 Å². The van der Waals surface area contributed by atoms with Gasteiger partial charge in [-0.2, -0.15) is 5.26 Å². The summed E-state index contributed by atoms with van der Waals surface area (Å²) in [6, 6.07) is -0.115. The number of nitrogens with zero attached hydrogens (tertiary/aromatic N) is 1. The number of rotatable bonds is 3. The van der Waals surface area contributed by atoms with Gasteiger partial charge in [0.1, 0.15) is 13.2 Å². The third-order valence-corrected chi connectivity index (χ3v) is 1.96. The molecule has 7 heteroatoms. The van der Waals surface area contributed by atoms with Gasteiger partial charge in [0.15, 0.2) is 0 Å². The quantitative estimate of drug-likeness (QED) is 0.403. The van der Waals surface area contributed by atoms with Crippen molar-refractivity contribution in [2.75, 3.05) is 6.16 Å². The second kappa shape index (κ2) is 7.13. The van der Waals surface area contributed by atoms with Crippen molar-refractivity contribution in [2.45, 2.75) is 19.9 Å². The smallest absolute Gasteiger partial charge is 0.788 e. The first kappa shape index (κ1) is 16.2. The zero-order valence-corrected chi connectivity index (χ0v) is 11.9. The van der Waals surface area contributed by atoms with Crippen LogP contribution in [0, 0.1) is 11.1 Å². The fourth-order valence-corrected chi connectivity index (χ4v) is 1.13. The fraction of sp³-hybridized carbons (Fsp3) is 0.667. The average molecular weight is 228 g/mol. The molecule has 5 nitrogen and oxygen atoms in total. The van der Waals surface area contributed by atoms with E-state index >= 15 is 0 Å². The van der Waals surface area contributed by atoms with Crippen molar-refractivity contribution in [1.29, 1.82) is 5.26 Å². The molecule has 1 atom stereocenters. The molecule has 0 saturated heterocycles. The molecule has 0 aliphatic rings. The van der Waals surface area contributed by atoms with Crippen molar-refractivity contribution >= 4 is 13.3 Å². The van der Waals surface area contributed by atoms with E-state index in [2.05, 4.69) is 5.32 Å². The zero-order valence-electron chi connectivity index (χ0n) is 7.90. The summed E-state index contributed by atoms with van der Waals surface area (Å²) in [6.45, 7) is 3.42. The molecular weight excluding hydrogens is 218 g/mol. The number of carbonyl (C=O) groups is 1. The van der Waals surface area contributed by atoms with E-state index in [1.807, 2.05) is 0 Å². The van der Waals surface area contributed by atoms with E-state index in [1.54, 1.807) is 13.8 Å². The van der Waals surface area contributed by atoms with Crippen LogP contribution in [0.25, 0.3) is 0 Å². The van der Waals surface area contributed by atoms with E-state index in [0.29, 0.717) is 0 Å². The Morgan fingerprint density at radius 2 is 2.15 bits per heavy atom. The minimum atomic E-state index is -4.14. The van der Waals surface area contributed by atoms with Gasteiger partial charge in [-0.05, 0) is 13.8 Å². The molecular formula is C6H10KN2O3P. The van der Waals surface area contributed by atoms with Crippen molar-refractivity contribution < 1.29 is 65.6 Å². The van der Waals surface area contributed by atoms with Gasteiger partial charge >= 0.3 is 51.4 Å². The molecule has 0 saturated carbocycles. The van der Waals surface area contributed by atoms with Gasteiger partial charge in [-0.15, -0.1) is 0 Å². The van der Waals surface area contributed by atoms with Crippen LogP contribution in [0.3, 0.4) is 0 Å². The standard InChI is InChI=1S/C6H11N2O3P.K/c1-5(2)8-6(9)3-12(10,11)4-7;/h5H,3H2,1-2H3,(H,8,9)(H,10,11);/q;+1/p-1. The van der Waals surface area contributed by atoms with Crippen molar-refractivity contribution in [3.8, 4) is 5.81 Å². The first-order chi connectivity index (χ1) is 5.37. The number of nitrogens with one attached hydrogen (secondary N) is 1. The van der Waals surface area contributed by atoms with E-state index in [4.69, 9.17) is 5.26 Å². The number of amides is 1. The minimum absolute atomic E-state index is 0. The summed E-state index contributed by atoms with van der Waals surface area (Å²) in [6.07, 6.45) is -0.734. The molecule has 68 valence electrons. The van der Waals surface area contributed by atoms with Crippen LogP contribution in [-0.2, 0) is 9.36 Å². The van der Waals surface area contributed by atoms with E-state index in [-0.39, 0.29) is 57.4 Å². The van der Waals surface area contributed by atoms with Crippen LogP contribution in [0.15, 0.2) is 0 Å². The molecule has 0 heterocycles. The predicted molar refractivity (Wildman–Crippen MR) is 41.4 cm³/mol. The second-order valence-electron chi connectivity index (χ2n) is 2.65. The third-order valence-electron chi connectivity index (χ3n) is 0.954. The van der Waals surface area contributed by atoms with E-state index < -0.39 is 19.4 Å². The van der Waals surface area contributed by atoms with E-state index in [1.165, 1.54) is 0 Å². The summed E-state index contributed by atoms with van der Waals surface area (Å²) in [5.41, 5.74) is 0. The van der Waals surface area contributed by atoms with Crippen LogP contribution < -0.4 is 61.6 Å². The Balaban J connectivity index is 0. The van der Waals surface area contributed by atoms with Crippen LogP contribution in [0.2, 0.25) is 0 Å². The maximum Gasteiger partial charge on any atom is 1.00 e. The van der Waals surface area contributed by atoms with Crippen molar-refractivity contribution in [2.24, 2.45) is 0 Å². The summed E-state index contributed by atoms with van der Waals surface area (Å²) in [5, 5.41) is 10.4. The molecule has 1 amide bonds. The van der Waals surface area contributed by atoms with Crippen molar-refractivity contribution in [3.05, 3.63) is 0 Å². The third kappa shape index (κ3) is 9.10. The van der Waals surface area contributed by atoms with Gasteiger partial charge in [0.2, 0.25) is 5.91 Å². The Morgan fingerprint density at radius 3 is 2.46 bits per heavy atom. The Labute approximate surface area is 120 Å². The molecule has 0 aromatic carbocycles. The molecule has 0 fully saturated rings. The van der Waals surface area contributed by atoms with Crippen LogP contribution in [0.5, 0.6) is 0 Å². The Morgan fingerprint density at radius 1 is 1.69 bits per heavy atom. The van der Waals surface area contributed by atoms with Gasteiger partial charge in [0, 0.05) is 6.04 Å². The second-order valence-corrected chi connectivity index (χ2v) is 4.52. The maximum absolute atomic E-state index is 10.8. The van der Waals surface area contributed by atoms with Crippen LogP contribution in [-0.4, -0.2) is 18.1 Å². The fourth-order valence-electron chi connectivity index (χ4n) is 0.592. The molecule has 0 radical (unpaired) electrons. The maximum atomic E-state index is 10.8.